The van der Waals surface area contributed by atoms with Gasteiger partial charge in [-0.15, -0.1) is 0 Å². The summed E-state index contributed by atoms with van der Waals surface area (Å²) in [6.45, 7) is 2.68. The molecule has 10 heteroatoms. The SMILES string of the molecule is CC(=O)Oc1cccc(C(=O)CN(C)C(C)=O)c1.O=S(=O)(O)O. The molecular weight excluding hydrogens is 330 g/mol. The van der Waals surface area contributed by atoms with Crippen molar-refractivity contribution in [3.8, 4) is 5.75 Å². The summed E-state index contributed by atoms with van der Waals surface area (Å²) in [6.07, 6.45) is 0. The Bertz CT molecular complexity index is 675. The molecule has 0 aliphatic heterocycles. The van der Waals surface area contributed by atoms with E-state index >= 15 is 0 Å². The zero-order chi connectivity index (χ0) is 18.2. The summed E-state index contributed by atoms with van der Waals surface area (Å²) in [5.41, 5.74) is 0.404. The van der Waals surface area contributed by atoms with Crippen molar-refractivity contribution in [1.82, 2.24) is 4.90 Å². The van der Waals surface area contributed by atoms with Gasteiger partial charge in [0.05, 0.1) is 6.54 Å². The molecule has 0 heterocycles. The van der Waals surface area contributed by atoms with Crippen LogP contribution < -0.4 is 4.74 Å². The van der Waals surface area contributed by atoms with Crippen molar-refractivity contribution in [3.05, 3.63) is 29.8 Å². The highest BCUT2D eigenvalue weighted by Gasteiger charge is 2.12. The lowest BCUT2D eigenvalue weighted by molar-refractivity contribution is -0.132. The molecule has 0 saturated carbocycles. The third-order valence-electron chi connectivity index (χ3n) is 2.34. The number of ether oxygens (including phenoxy) is 1. The van der Waals surface area contributed by atoms with E-state index in [9.17, 15) is 14.4 Å². The Hall–Kier alpha value is -2.30. The fraction of sp³-hybridized carbons (Fsp3) is 0.308. The molecule has 0 aliphatic rings. The maximum atomic E-state index is 11.9. The van der Waals surface area contributed by atoms with Crippen molar-refractivity contribution in [2.24, 2.45) is 0 Å². The molecule has 0 unspecified atom stereocenters. The number of benzene rings is 1. The highest BCUT2D eigenvalue weighted by molar-refractivity contribution is 7.79. The van der Waals surface area contributed by atoms with Gasteiger partial charge in [-0.05, 0) is 12.1 Å². The highest BCUT2D eigenvalue weighted by Crippen LogP contribution is 2.14. The van der Waals surface area contributed by atoms with E-state index in [1.165, 1.54) is 24.8 Å². The van der Waals surface area contributed by atoms with Crippen LogP contribution in [0, 0.1) is 0 Å². The molecule has 9 nitrogen and oxygen atoms in total. The van der Waals surface area contributed by atoms with Gasteiger partial charge in [-0.25, -0.2) is 0 Å². The monoisotopic (exact) mass is 347 g/mol. The molecule has 0 fully saturated rings. The lowest BCUT2D eigenvalue weighted by atomic mass is 10.1. The van der Waals surface area contributed by atoms with Crippen molar-refractivity contribution < 1.29 is 36.6 Å². The number of hydrogen-bond acceptors (Lipinski definition) is 6. The molecule has 0 saturated heterocycles. The van der Waals surface area contributed by atoms with Crippen LogP contribution in [0.25, 0.3) is 0 Å². The van der Waals surface area contributed by atoms with Crippen LogP contribution in [0.5, 0.6) is 5.75 Å². The van der Waals surface area contributed by atoms with Crippen LogP contribution in [-0.2, 0) is 20.0 Å². The molecule has 128 valence electrons. The molecule has 0 atom stereocenters. The number of rotatable bonds is 4. The molecule has 0 bridgehead atoms. The summed E-state index contributed by atoms with van der Waals surface area (Å²) in [5, 5.41) is 0. The Morgan fingerprint density at radius 3 is 2.13 bits per heavy atom. The third kappa shape index (κ3) is 11.0. The van der Waals surface area contributed by atoms with E-state index in [0.29, 0.717) is 11.3 Å². The van der Waals surface area contributed by atoms with Gasteiger partial charge in [0, 0.05) is 26.5 Å². The number of nitrogens with zero attached hydrogens (tertiary/aromatic N) is 1. The van der Waals surface area contributed by atoms with Crippen LogP contribution in [0.3, 0.4) is 0 Å². The first-order valence-electron chi connectivity index (χ1n) is 6.13. The summed E-state index contributed by atoms with van der Waals surface area (Å²) in [5.74, 6) is -0.513. The van der Waals surface area contributed by atoms with E-state index in [0.717, 1.165) is 0 Å². The minimum atomic E-state index is -4.67. The van der Waals surface area contributed by atoms with Gasteiger partial charge in [0.1, 0.15) is 5.75 Å². The molecule has 0 aromatic heterocycles. The van der Waals surface area contributed by atoms with Gasteiger partial charge >= 0.3 is 16.4 Å². The Morgan fingerprint density at radius 2 is 1.70 bits per heavy atom. The normalized spacial score (nSPS) is 10.1. The van der Waals surface area contributed by atoms with Gasteiger partial charge in [0.2, 0.25) is 5.91 Å². The van der Waals surface area contributed by atoms with Crippen LogP contribution in [-0.4, -0.2) is 53.7 Å². The maximum Gasteiger partial charge on any atom is 0.394 e. The standard InChI is InChI=1S/C13H15NO4.H2O4S/c1-9(15)14(3)8-13(17)11-5-4-6-12(7-11)18-10(2)16;1-5(2,3)4/h4-7H,8H2,1-3H3;(H2,1,2,3,4). The predicted molar refractivity (Wildman–Crippen MR) is 79.6 cm³/mol. The fourth-order valence-electron chi connectivity index (χ4n) is 1.32. The van der Waals surface area contributed by atoms with Crippen molar-refractivity contribution in [2.45, 2.75) is 13.8 Å². The Kier molecular flexibility index (Phi) is 8.08. The number of carbonyl (C=O) groups is 3. The number of carbonyl (C=O) groups excluding carboxylic acids is 3. The van der Waals surface area contributed by atoms with E-state index in [4.69, 9.17) is 22.3 Å². The topological polar surface area (TPSA) is 138 Å². The summed E-state index contributed by atoms with van der Waals surface area (Å²) < 4.78 is 36.5. The average Bonchev–Trinajstić information content (AvgIpc) is 2.36. The fourth-order valence-corrected chi connectivity index (χ4v) is 1.32. The average molecular weight is 347 g/mol. The summed E-state index contributed by atoms with van der Waals surface area (Å²) in [4.78, 5) is 35.0. The van der Waals surface area contributed by atoms with Gasteiger partial charge in [0.15, 0.2) is 5.78 Å². The van der Waals surface area contributed by atoms with E-state index in [1.54, 1.807) is 25.2 Å². The van der Waals surface area contributed by atoms with Crippen molar-refractivity contribution in [1.29, 1.82) is 0 Å². The number of amides is 1. The molecule has 2 N–H and O–H groups in total. The Labute approximate surface area is 133 Å². The van der Waals surface area contributed by atoms with Gasteiger partial charge in [0.25, 0.3) is 0 Å². The van der Waals surface area contributed by atoms with E-state index in [1.807, 2.05) is 0 Å². The van der Waals surface area contributed by atoms with Crippen LogP contribution in [0.2, 0.25) is 0 Å². The van der Waals surface area contributed by atoms with Gasteiger partial charge in [-0.1, -0.05) is 12.1 Å². The molecule has 0 aliphatic carbocycles. The molecular formula is C13H17NO8S. The Morgan fingerprint density at radius 1 is 1.17 bits per heavy atom. The summed E-state index contributed by atoms with van der Waals surface area (Å²) in [7, 11) is -3.11. The van der Waals surface area contributed by atoms with Gasteiger partial charge < -0.3 is 9.64 Å². The van der Waals surface area contributed by atoms with E-state index in [-0.39, 0.29) is 18.2 Å². The van der Waals surface area contributed by atoms with E-state index in [2.05, 4.69) is 0 Å². The third-order valence-corrected chi connectivity index (χ3v) is 2.34. The van der Waals surface area contributed by atoms with Gasteiger partial charge in [-0.2, -0.15) is 8.42 Å². The zero-order valence-electron chi connectivity index (χ0n) is 12.7. The second-order valence-electron chi connectivity index (χ2n) is 4.37. The van der Waals surface area contributed by atoms with Gasteiger partial charge in [-0.3, -0.25) is 23.5 Å². The molecule has 0 radical (unpaired) electrons. The molecule has 1 rings (SSSR count). The number of hydrogen-bond donors (Lipinski definition) is 2. The van der Waals surface area contributed by atoms with Crippen LogP contribution in [0.4, 0.5) is 0 Å². The first-order valence-corrected chi connectivity index (χ1v) is 7.53. The summed E-state index contributed by atoms with van der Waals surface area (Å²) >= 11 is 0. The molecule has 1 aromatic rings. The second kappa shape index (κ2) is 8.98. The van der Waals surface area contributed by atoms with E-state index < -0.39 is 16.4 Å². The Balaban J connectivity index is 0.000000841. The first kappa shape index (κ1) is 20.7. The first-order chi connectivity index (χ1) is 10.4. The minimum Gasteiger partial charge on any atom is -0.427 e. The molecule has 1 amide bonds. The number of Topliss-reactive ketones (excluding diaryl/α,β-unsaturated/α-hetero) is 1. The van der Waals surface area contributed by atoms with Crippen molar-refractivity contribution in [3.63, 3.8) is 0 Å². The van der Waals surface area contributed by atoms with Crippen LogP contribution >= 0.6 is 0 Å². The maximum absolute atomic E-state index is 11.9. The quantitative estimate of drug-likeness (QED) is 0.350. The molecule has 0 spiro atoms. The molecule has 1 aromatic carbocycles. The lowest BCUT2D eigenvalue weighted by Gasteiger charge is -2.13. The summed E-state index contributed by atoms with van der Waals surface area (Å²) in [6, 6.07) is 6.31. The minimum absolute atomic E-state index is 0.00113. The van der Waals surface area contributed by atoms with Crippen molar-refractivity contribution in [2.75, 3.05) is 13.6 Å². The largest absolute Gasteiger partial charge is 0.427 e. The zero-order valence-corrected chi connectivity index (χ0v) is 13.5. The van der Waals surface area contributed by atoms with Crippen molar-refractivity contribution >= 4 is 28.1 Å². The number of esters is 1. The lowest BCUT2D eigenvalue weighted by Crippen LogP contribution is -2.30. The highest BCUT2D eigenvalue weighted by atomic mass is 32.3. The van der Waals surface area contributed by atoms with Crippen LogP contribution in [0.1, 0.15) is 24.2 Å². The number of likely N-dealkylation sites (N-methyl/N-ethyl adjacent to an activating group) is 1. The number of ketones is 1. The second-order valence-corrected chi connectivity index (χ2v) is 5.26. The van der Waals surface area contributed by atoms with Crippen LogP contribution in [0.15, 0.2) is 24.3 Å². The predicted octanol–water partition coefficient (Wildman–Crippen LogP) is 0.620. The smallest absolute Gasteiger partial charge is 0.394 e. The molecule has 23 heavy (non-hydrogen) atoms.